The van der Waals surface area contributed by atoms with Crippen LogP contribution in [0.4, 0.5) is 0 Å². The Morgan fingerprint density at radius 1 is 0.969 bits per heavy atom. The number of nitrogens with one attached hydrogen (secondary N) is 1. The van der Waals surface area contributed by atoms with E-state index in [1.54, 1.807) is 12.7 Å². The average Bonchev–Trinajstić information content (AvgIpc) is 3.52. The van der Waals surface area contributed by atoms with Crippen molar-refractivity contribution in [3.05, 3.63) is 79.0 Å². The summed E-state index contributed by atoms with van der Waals surface area (Å²) in [6.07, 6.45) is 11.7. The third-order valence-electron chi connectivity index (χ3n) is 6.92. The number of aromatic nitrogens is 4. The number of nitrogens with zero attached hydrogens (tertiary/aromatic N) is 4. The van der Waals surface area contributed by atoms with Crippen LogP contribution in [0.1, 0.15) is 43.7 Å². The van der Waals surface area contributed by atoms with Gasteiger partial charge in [-0.3, -0.25) is 4.57 Å². The Hall–Kier alpha value is -2.96. The summed E-state index contributed by atoms with van der Waals surface area (Å²) in [6, 6.07) is 19.5. The van der Waals surface area contributed by atoms with E-state index in [4.69, 9.17) is 0 Å². The first kappa shape index (κ1) is 20.9. The van der Waals surface area contributed by atoms with Gasteiger partial charge in [-0.15, -0.1) is 10.2 Å². The van der Waals surface area contributed by atoms with Crippen LogP contribution in [0, 0.1) is 5.92 Å². The van der Waals surface area contributed by atoms with Crippen molar-refractivity contribution in [2.45, 2.75) is 50.7 Å². The molecule has 32 heavy (non-hydrogen) atoms. The summed E-state index contributed by atoms with van der Waals surface area (Å²) in [7, 11) is 0. The molecule has 0 saturated heterocycles. The number of fused-ring (bicyclic) bond motifs is 1. The number of hydrogen-bond acceptors (Lipinski definition) is 4. The lowest BCUT2D eigenvalue weighted by atomic mass is 9.83. The zero-order chi connectivity index (χ0) is 21.8. The van der Waals surface area contributed by atoms with Crippen LogP contribution in [-0.2, 0) is 6.54 Å². The van der Waals surface area contributed by atoms with E-state index in [1.807, 2.05) is 22.8 Å². The van der Waals surface area contributed by atoms with Crippen molar-refractivity contribution >= 4 is 10.9 Å². The van der Waals surface area contributed by atoms with Crippen molar-refractivity contribution in [3.63, 3.8) is 0 Å². The normalized spacial score (nSPS) is 19.9. The molecule has 166 valence electrons. The van der Waals surface area contributed by atoms with E-state index in [1.165, 1.54) is 48.6 Å². The fraction of sp³-hybridized carbons (Fsp3) is 0.385. The van der Waals surface area contributed by atoms with Crippen molar-refractivity contribution in [1.29, 1.82) is 0 Å². The van der Waals surface area contributed by atoms with Gasteiger partial charge in [0.1, 0.15) is 12.7 Å². The van der Waals surface area contributed by atoms with Crippen LogP contribution in [0.2, 0.25) is 0 Å². The molecule has 5 rings (SSSR count). The first-order valence-corrected chi connectivity index (χ1v) is 11.7. The van der Waals surface area contributed by atoms with Crippen LogP contribution in [-0.4, -0.2) is 37.1 Å². The fourth-order valence-electron chi connectivity index (χ4n) is 5.04. The minimum absolute atomic E-state index is 0.0342. The maximum Gasteiger partial charge on any atom is 0.123 e. The molecule has 0 amide bonds. The zero-order valence-electron chi connectivity index (χ0n) is 18.3. The van der Waals surface area contributed by atoms with Gasteiger partial charge in [0.15, 0.2) is 0 Å². The molecule has 1 fully saturated rings. The number of aliphatic hydroxyl groups is 1. The van der Waals surface area contributed by atoms with E-state index in [0.29, 0.717) is 6.04 Å². The molecule has 2 N–H and O–H groups in total. The van der Waals surface area contributed by atoms with Gasteiger partial charge < -0.3 is 15.0 Å². The number of aliphatic hydroxyl groups excluding tert-OH is 1. The SMILES string of the molecule is OC[C@H](NC1CCC(CCn2ccc3cc(-n4cnnc4)ccc32)CC1)c1ccccc1. The monoisotopic (exact) mass is 429 g/mol. The van der Waals surface area contributed by atoms with E-state index in [2.05, 4.69) is 62.7 Å². The Labute approximate surface area is 188 Å². The molecule has 1 atom stereocenters. The molecule has 4 aromatic rings. The predicted octanol–water partition coefficient (Wildman–Crippen LogP) is 4.49. The maximum absolute atomic E-state index is 9.84. The minimum Gasteiger partial charge on any atom is -0.394 e. The van der Waals surface area contributed by atoms with Crippen molar-refractivity contribution in [2.24, 2.45) is 5.92 Å². The van der Waals surface area contributed by atoms with Crippen LogP contribution in [0.5, 0.6) is 0 Å². The second-order valence-electron chi connectivity index (χ2n) is 8.94. The number of hydrogen-bond donors (Lipinski definition) is 2. The topological polar surface area (TPSA) is 67.9 Å². The summed E-state index contributed by atoms with van der Waals surface area (Å²) < 4.78 is 4.31. The van der Waals surface area contributed by atoms with Gasteiger partial charge in [-0.1, -0.05) is 30.3 Å². The Morgan fingerprint density at radius 3 is 2.50 bits per heavy atom. The van der Waals surface area contributed by atoms with Crippen molar-refractivity contribution < 1.29 is 5.11 Å². The van der Waals surface area contributed by atoms with Crippen molar-refractivity contribution in [1.82, 2.24) is 24.6 Å². The smallest absolute Gasteiger partial charge is 0.123 e. The molecule has 6 heteroatoms. The Balaban J connectivity index is 1.14. The molecule has 2 heterocycles. The summed E-state index contributed by atoms with van der Waals surface area (Å²) in [4.78, 5) is 0. The molecule has 0 spiro atoms. The average molecular weight is 430 g/mol. The highest BCUT2D eigenvalue weighted by molar-refractivity contribution is 5.82. The van der Waals surface area contributed by atoms with Crippen molar-refractivity contribution in [2.75, 3.05) is 6.61 Å². The molecule has 1 aliphatic carbocycles. The summed E-state index contributed by atoms with van der Waals surface area (Å²) in [5.41, 5.74) is 3.54. The quantitative estimate of drug-likeness (QED) is 0.433. The number of benzene rings is 2. The molecule has 0 radical (unpaired) electrons. The molecule has 6 nitrogen and oxygen atoms in total. The number of aryl methyl sites for hydroxylation is 1. The Morgan fingerprint density at radius 2 is 1.75 bits per heavy atom. The van der Waals surface area contributed by atoms with Gasteiger partial charge in [0.2, 0.25) is 0 Å². The highest BCUT2D eigenvalue weighted by Gasteiger charge is 2.23. The molecule has 0 bridgehead atoms. The summed E-state index contributed by atoms with van der Waals surface area (Å²) in [5.74, 6) is 0.770. The third-order valence-corrected chi connectivity index (χ3v) is 6.92. The van der Waals surface area contributed by atoms with Gasteiger partial charge in [0.25, 0.3) is 0 Å². The summed E-state index contributed by atoms with van der Waals surface area (Å²) in [5, 5.41) is 22.6. The first-order chi connectivity index (χ1) is 15.8. The van der Waals surface area contributed by atoms with E-state index in [0.717, 1.165) is 18.2 Å². The predicted molar refractivity (Wildman–Crippen MR) is 127 cm³/mol. The molecule has 0 aliphatic heterocycles. The largest absolute Gasteiger partial charge is 0.394 e. The van der Waals surface area contributed by atoms with E-state index in [9.17, 15) is 5.11 Å². The molecular formula is C26H31N5O. The zero-order valence-corrected chi connectivity index (χ0v) is 18.3. The van der Waals surface area contributed by atoms with Gasteiger partial charge in [-0.05, 0) is 67.9 Å². The highest BCUT2D eigenvalue weighted by Crippen LogP contribution is 2.30. The van der Waals surface area contributed by atoms with Crippen LogP contribution in [0.15, 0.2) is 73.4 Å². The Bertz CT molecular complexity index is 1110. The van der Waals surface area contributed by atoms with Gasteiger partial charge in [-0.25, -0.2) is 0 Å². The first-order valence-electron chi connectivity index (χ1n) is 11.7. The highest BCUT2D eigenvalue weighted by atomic mass is 16.3. The van der Waals surface area contributed by atoms with Crippen LogP contribution < -0.4 is 5.32 Å². The standard InChI is InChI=1S/C26H31N5O/c32-17-25(21-4-2-1-3-5-21)29-23-8-6-20(7-9-23)12-14-30-15-13-22-16-24(10-11-26(22)30)31-18-27-28-19-31/h1-5,10-11,13,15-16,18-20,23,25,29,32H,6-9,12,14,17H2/t20?,23?,25-/m0/s1. The fourth-order valence-corrected chi connectivity index (χ4v) is 5.04. The van der Waals surface area contributed by atoms with Crippen LogP contribution in [0.3, 0.4) is 0 Å². The van der Waals surface area contributed by atoms with Gasteiger partial charge in [0, 0.05) is 35.4 Å². The lowest BCUT2D eigenvalue weighted by molar-refractivity contribution is 0.204. The van der Waals surface area contributed by atoms with E-state index < -0.39 is 0 Å². The van der Waals surface area contributed by atoms with Crippen LogP contribution >= 0.6 is 0 Å². The third kappa shape index (κ3) is 4.61. The lowest BCUT2D eigenvalue weighted by Crippen LogP contribution is -2.37. The molecule has 2 aromatic heterocycles. The van der Waals surface area contributed by atoms with Crippen LogP contribution in [0.25, 0.3) is 16.6 Å². The van der Waals surface area contributed by atoms with Gasteiger partial charge in [-0.2, -0.15) is 0 Å². The maximum atomic E-state index is 9.84. The van der Waals surface area contributed by atoms with Gasteiger partial charge in [0.05, 0.1) is 12.6 Å². The molecule has 2 aromatic carbocycles. The second kappa shape index (κ2) is 9.67. The van der Waals surface area contributed by atoms with E-state index >= 15 is 0 Å². The summed E-state index contributed by atoms with van der Waals surface area (Å²) >= 11 is 0. The lowest BCUT2D eigenvalue weighted by Gasteiger charge is -2.32. The Kier molecular flexibility index (Phi) is 6.32. The molecular weight excluding hydrogens is 398 g/mol. The number of rotatable bonds is 8. The summed E-state index contributed by atoms with van der Waals surface area (Å²) in [6.45, 7) is 1.20. The van der Waals surface area contributed by atoms with Crippen molar-refractivity contribution in [3.8, 4) is 5.69 Å². The van der Waals surface area contributed by atoms with E-state index in [-0.39, 0.29) is 12.6 Å². The minimum atomic E-state index is 0.0342. The second-order valence-corrected chi connectivity index (χ2v) is 8.94. The molecule has 1 saturated carbocycles. The van der Waals surface area contributed by atoms with Gasteiger partial charge >= 0.3 is 0 Å². The molecule has 1 aliphatic rings. The molecule has 0 unspecified atom stereocenters.